The third kappa shape index (κ3) is 3.41. The highest BCUT2D eigenvalue weighted by Gasteiger charge is 2.34. The Hall–Kier alpha value is -1.69. The fraction of sp³-hybridized carbons (Fsp3) is 0.615. The van der Waals surface area contributed by atoms with E-state index in [1.165, 1.54) is 32.7 Å². The van der Waals surface area contributed by atoms with Gasteiger partial charge in [-0.3, -0.25) is 4.79 Å². The van der Waals surface area contributed by atoms with Gasteiger partial charge < -0.3 is 15.4 Å². The Balaban J connectivity index is 1.93. The summed E-state index contributed by atoms with van der Waals surface area (Å²) in [7, 11) is 3.36. The van der Waals surface area contributed by atoms with Crippen molar-refractivity contribution < 1.29 is 9.53 Å². The predicted molar refractivity (Wildman–Crippen MR) is 71.9 cm³/mol. The number of likely N-dealkylation sites (N-methyl/N-ethyl adjacent to an activating group) is 1. The molecule has 0 bridgehead atoms. The molecule has 1 fully saturated rings. The minimum atomic E-state index is -0.296. The maximum atomic E-state index is 11.2. The molecule has 2 rings (SSSR count). The van der Waals surface area contributed by atoms with Crippen molar-refractivity contribution in [3.8, 4) is 0 Å². The number of nitrogens with one attached hydrogen (secondary N) is 2. The minimum Gasteiger partial charge on any atom is -0.469 e. The summed E-state index contributed by atoms with van der Waals surface area (Å²) in [6.07, 6.45) is 5.26. The number of esters is 1. The Morgan fingerprint density at radius 3 is 2.84 bits per heavy atom. The molecule has 1 aromatic heterocycles. The molecule has 1 saturated carbocycles. The number of ether oxygens (including phenoxy) is 1. The van der Waals surface area contributed by atoms with Crippen molar-refractivity contribution >= 4 is 11.8 Å². The molecule has 19 heavy (non-hydrogen) atoms. The summed E-state index contributed by atoms with van der Waals surface area (Å²) in [5, 5.41) is 6.67. The Kier molecular flexibility index (Phi) is 4.31. The molecule has 0 aliphatic heterocycles. The maximum absolute atomic E-state index is 11.2. The summed E-state index contributed by atoms with van der Waals surface area (Å²) in [5.74, 6) is 0.450. The summed E-state index contributed by atoms with van der Waals surface area (Å²) in [6, 6.07) is 1.79. The van der Waals surface area contributed by atoms with Crippen molar-refractivity contribution in [1.82, 2.24) is 15.3 Å². The molecule has 0 amide bonds. The van der Waals surface area contributed by atoms with E-state index >= 15 is 0 Å². The van der Waals surface area contributed by atoms with Gasteiger partial charge in [-0.15, -0.1) is 0 Å². The lowest BCUT2D eigenvalue weighted by molar-refractivity contribution is -0.139. The first kappa shape index (κ1) is 13.7. The highest BCUT2D eigenvalue weighted by Crippen LogP contribution is 2.31. The van der Waals surface area contributed by atoms with Crippen LogP contribution >= 0.6 is 0 Å². The molecule has 6 nitrogen and oxygen atoms in total. The summed E-state index contributed by atoms with van der Waals surface area (Å²) in [6.45, 7) is 0.832. The van der Waals surface area contributed by atoms with Crippen molar-refractivity contribution in [2.24, 2.45) is 0 Å². The van der Waals surface area contributed by atoms with Gasteiger partial charge >= 0.3 is 5.97 Å². The topological polar surface area (TPSA) is 76.1 Å². The van der Waals surface area contributed by atoms with E-state index in [9.17, 15) is 4.79 Å². The Morgan fingerprint density at radius 1 is 1.47 bits per heavy atom. The van der Waals surface area contributed by atoms with Gasteiger partial charge in [-0.2, -0.15) is 0 Å². The predicted octanol–water partition coefficient (Wildman–Crippen LogP) is 0.746. The standard InChI is InChI=1S/C13H20N4O2/c1-14-13(4-3-5-13)8-15-11-6-10(16-9-17-11)7-12(18)19-2/h6,9,14H,3-5,7-8H2,1-2H3,(H,15,16,17). The van der Waals surface area contributed by atoms with Gasteiger partial charge in [0, 0.05) is 18.2 Å². The van der Waals surface area contributed by atoms with Crippen LogP contribution in [0.25, 0.3) is 0 Å². The van der Waals surface area contributed by atoms with E-state index in [1.54, 1.807) is 6.07 Å². The second kappa shape index (κ2) is 5.97. The largest absolute Gasteiger partial charge is 0.469 e. The van der Waals surface area contributed by atoms with Gasteiger partial charge in [0.25, 0.3) is 0 Å². The quantitative estimate of drug-likeness (QED) is 0.738. The number of hydrogen-bond acceptors (Lipinski definition) is 6. The van der Waals surface area contributed by atoms with Crippen molar-refractivity contribution in [3.63, 3.8) is 0 Å². The van der Waals surface area contributed by atoms with Gasteiger partial charge in [0.1, 0.15) is 12.1 Å². The van der Waals surface area contributed by atoms with Crippen molar-refractivity contribution in [2.45, 2.75) is 31.2 Å². The van der Waals surface area contributed by atoms with E-state index in [-0.39, 0.29) is 17.9 Å². The van der Waals surface area contributed by atoms with E-state index < -0.39 is 0 Å². The average Bonchev–Trinajstić information content (AvgIpc) is 2.38. The highest BCUT2D eigenvalue weighted by atomic mass is 16.5. The minimum absolute atomic E-state index is 0.171. The SMILES string of the molecule is CNC1(CNc2cc(CC(=O)OC)ncn2)CCC1. The van der Waals surface area contributed by atoms with Crippen LogP contribution < -0.4 is 10.6 Å². The van der Waals surface area contributed by atoms with E-state index in [4.69, 9.17) is 0 Å². The Bertz CT molecular complexity index is 441. The van der Waals surface area contributed by atoms with Crippen LogP contribution in [-0.4, -0.2) is 42.2 Å². The van der Waals surface area contributed by atoms with Gasteiger partial charge in [0.2, 0.25) is 0 Å². The third-order valence-electron chi connectivity index (χ3n) is 3.73. The van der Waals surface area contributed by atoms with Gasteiger partial charge in [-0.25, -0.2) is 9.97 Å². The van der Waals surface area contributed by atoms with Crippen molar-refractivity contribution in [2.75, 3.05) is 26.0 Å². The van der Waals surface area contributed by atoms with E-state index in [0.717, 1.165) is 12.4 Å². The normalized spacial score (nSPS) is 16.5. The van der Waals surface area contributed by atoms with Crippen LogP contribution in [0.2, 0.25) is 0 Å². The molecule has 0 atom stereocenters. The first-order valence-corrected chi connectivity index (χ1v) is 6.48. The maximum Gasteiger partial charge on any atom is 0.311 e. The third-order valence-corrected chi connectivity index (χ3v) is 3.73. The Labute approximate surface area is 113 Å². The van der Waals surface area contributed by atoms with Crippen LogP contribution in [0.3, 0.4) is 0 Å². The second-order valence-electron chi connectivity index (χ2n) is 4.88. The second-order valence-corrected chi connectivity index (χ2v) is 4.88. The molecule has 0 spiro atoms. The number of carbonyl (C=O) groups excluding carboxylic acids is 1. The monoisotopic (exact) mass is 264 g/mol. The highest BCUT2D eigenvalue weighted by molar-refractivity contribution is 5.72. The number of hydrogen-bond donors (Lipinski definition) is 2. The number of anilines is 1. The molecular weight excluding hydrogens is 244 g/mol. The summed E-state index contributed by atoms with van der Waals surface area (Å²) in [4.78, 5) is 19.4. The molecule has 1 aliphatic carbocycles. The molecule has 0 unspecified atom stereocenters. The smallest absolute Gasteiger partial charge is 0.311 e. The molecule has 6 heteroatoms. The zero-order valence-corrected chi connectivity index (χ0v) is 11.4. The molecule has 1 aliphatic rings. The van der Waals surface area contributed by atoms with Crippen LogP contribution in [0.1, 0.15) is 25.0 Å². The summed E-state index contributed by atoms with van der Waals surface area (Å²) >= 11 is 0. The first-order valence-electron chi connectivity index (χ1n) is 6.48. The van der Waals surface area contributed by atoms with Crippen LogP contribution in [0, 0.1) is 0 Å². The first-order chi connectivity index (χ1) is 9.17. The van der Waals surface area contributed by atoms with Gasteiger partial charge in [0.05, 0.1) is 19.2 Å². The lowest BCUT2D eigenvalue weighted by atomic mass is 9.77. The van der Waals surface area contributed by atoms with Crippen molar-refractivity contribution in [3.05, 3.63) is 18.1 Å². The summed E-state index contributed by atoms with van der Waals surface area (Å²) in [5.41, 5.74) is 0.851. The average molecular weight is 264 g/mol. The van der Waals surface area contributed by atoms with Crippen LogP contribution in [0.5, 0.6) is 0 Å². The number of carbonyl (C=O) groups is 1. The van der Waals surface area contributed by atoms with Crippen LogP contribution in [0.15, 0.2) is 12.4 Å². The lowest BCUT2D eigenvalue weighted by Crippen LogP contribution is -2.54. The van der Waals surface area contributed by atoms with E-state index in [2.05, 4.69) is 25.3 Å². The van der Waals surface area contributed by atoms with Gasteiger partial charge in [0.15, 0.2) is 0 Å². The fourth-order valence-electron chi connectivity index (χ4n) is 2.19. The Morgan fingerprint density at radius 2 is 2.26 bits per heavy atom. The van der Waals surface area contributed by atoms with Crippen molar-refractivity contribution in [1.29, 1.82) is 0 Å². The molecule has 0 aromatic carbocycles. The van der Waals surface area contributed by atoms with Crippen LogP contribution in [-0.2, 0) is 16.0 Å². The van der Waals surface area contributed by atoms with Crippen LogP contribution in [0.4, 0.5) is 5.82 Å². The molecule has 1 aromatic rings. The molecule has 0 saturated heterocycles. The fourth-order valence-corrected chi connectivity index (χ4v) is 2.19. The number of nitrogens with zero attached hydrogens (tertiary/aromatic N) is 2. The number of aromatic nitrogens is 2. The van der Waals surface area contributed by atoms with E-state index in [0.29, 0.717) is 5.69 Å². The molecule has 0 radical (unpaired) electrons. The zero-order valence-electron chi connectivity index (χ0n) is 11.4. The number of methoxy groups -OCH3 is 1. The van der Waals surface area contributed by atoms with Gasteiger partial charge in [-0.05, 0) is 26.3 Å². The number of rotatable bonds is 6. The molecular formula is C13H20N4O2. The molecule has 104 valence electrons. The zero-order chi connectivity index (χ0) is 13.7. The summed E-state index contributed by atoms with van der Waals surface area (Å²) < 4.78 is 4.62. The van der Waals surface area contributed by atoms with Gasteiger partial charge in [-0.1, -0.05) is 0 Å². The molecule has 2 N–H and O–H groups in total. The lowest BCUT2D eigenvalue weighted by Gasteiger charge is -2.42. The van der Waals surface area contributed by atoms with E-state index in [1.807, 2.05) is 7.05 Å². The molecule has 1 heterocycles.